The van der Waals surface area contributed by atoms with Gasteiger partial charge in [0, 0.05) is 18.1 Å². The molecule has 0 bridgehead atoms. The fraction of sp³-hybridized carbons (Fsp3) is 0.409. The predicted octanol–water partition coefficient (Wildman–Crippen LogP) is 4.29. The molecule has 0 saturated carbocycles. The van der Waals surface area contributed by atoms with Crippen molar-refractivity contribution in [1.29, 1.82) is 5.41 Å². The third-order valence-corrected chi connectivity index (χ3v) is 6.92. The SMILES string of the molecule is COc1cccc([C@@H](O)CN2CCC(Cn3c(=N)sc4cc(Cl)ccc43)CC2)c1. The van der Waals surface area contributed by atoms with Crippen molar-refractivity contribution in [3.05, 3.63) is 57.9 Å². The first-order valence-corrected chi connectivity index (χ1v) is 11.1. The molecular weight excluding hydrogens is 406 g/mol. The molecule has 2 heterocycles. The van der Waals surface area contributed by atoms with Crippen LogP contribution in [-0.2, 0) is 6.54 Å². The second-order valence-corrected chi connectivity index (χ2v) is 9.13. The fourth-order valence-electron chi connectivity index (χ4n) is 4.05. The van der Waals surface area contributed by atoms with Crippen molar-refractivity contribution in [1.82, 2.24) is 9.47 Å². The Labute approximate surface area is 179 Å². The molecule has 1 fully saturated rings. The van der Waals surface area contributed by atoms with Crippen LogP contribution < -0.4 is 9.54 Å². The van der Waals surface area contributed by atoms with E-state index in [1.807, 2.05) is 42.5 Å². The summed E-state index contributed by atoms with van der Waals surface area (Å²) < 4.78 is 8.44. The van der Waals surface area contributed by atoms with Gasteiger partial charge >= 0.3 is 0 Å². The summed E-state index contributed by atoms with van der Waals surface area (Å²) in [5.74, 6) is 1.32. The molecule has 0 unspecified atom stereocenters. The van der Waals surface area contributed by atoms with E-state index in [0.29, 0.717) is 22.3 Å². The van der Waals surface area contributed by atoms with Gasteiger partial charge in [-0.15, -0.1) is 0 Å². The molecular formula is C22H26ClN3O2S. The second kappa shape index (κ2) is 8.88. The Balaban J connectivity index is 1.35. The number of ether oxygens (including phenoxy) is 1. The van der Waals surface area contributed by atoms with Gasteiger partial charge in [0.2, 0.25) is 0 Å². The lowest BCUT2D eigenvalue weighted by Gasteiger charge is -2.33. The molecule has 0 amide bonds. The second-order valence-electron chi connectivity index (χ2n) is 7.67. The largest absolute Gasteiger partial charge is 0.497 e. The summed E-state index contributed by atoms with van der Waals surface area (Å²) in [7, 11) is 1.64. The van der Waals surface area contributed by atoms with E-state index >= 15 is 0 Å². The van der Waals surface area contributed by atoms with Gasteiger partial charge in [-0.2, -0.15) is 0 Å². The molecule has 3 aromatic rings. The lowest BCUT2D eigenvalue weighted by atomic mass is 9.96. The van der Waals surface area contributed by atoms with Crippen molar-refractivity contribution in [3.63, 3.8) is 0 Å². The smallest absolute Gasteiger partial charge is 0.182 e. The van der Waals surface area contributed by atoms with Gasteiger partial charge in [0.05, 0.1) is 23.4 Å². The number of β-amino-alcohol motifs (C(OH)–C–C–N with tert-alkyl or cyclic N) is 1. The van der Waals surface area contributed by atoms with Gasteiger partial charge in [-0.25, -0.2) is 0 Å². The molecule has 1 saturated heterocycles. The highest BCUT2D eigenvalue weighted by atomic mass is 35.5. The molecule has 0 radical (unpaired) electrons. The van der Waals surface area contributed by atoms with E-state index in [9.17, 15) is 5.11 Å². The molecule has 29 heavy (non-hydrogen) atoms. The van der Waals surface area contributed by atoms with Crippen LogP contribution in [0.2, 0.25) is 5.02 Å². The number of hydrogen-bond donors (Lipinski definition) is 2. The van der Waals surface area contributed by atoms with Crippen molar-refractivity contribution in [2.45, 2.75) is 25.5 Å². The molecule has 0 aliphatic carbocycles. The van der Waals surface area contributed by atoms with Crippen molar-refractivity contribution < 1.29 is 9.84 Å². The van der Waals surface area contributed by atoms with E-state index in [1.54, 1.807) is 7.11 Å². The van der Waals surface area contributed by atoms with E-state index in [4.69, 9.17) is 21.7 Å². The normalized spacial score (nSPS) is 16.9. The third-order valence-electron chi connectivity index (χ3n) is 5.72. The zero-order valence-electron chi connectivity index (χ0n) is 16.5. The maximum atomic E-state index is 10.6. The monoisotopic (exact) mass is 431 g/mol. The average Bonchev–Trinajstić information content (AvgIpc) is 3.03. The molecule has 1 aromatic heterocycles. The minimum absolute atomic E-state index is 0.513. The highest BCUT2D eigenvalue weighted by Crippen LogP contribution is 2.26. The summed E-state index contributed by atoms with van der Waals surface area (Å²) in [6.45, 7) is 3.43. The number of thiazole rings is 1. The van der Waals surface area contributed by atoms with Gasteiger partial charge in [-0.1, -0.05) is 35.1 Å². The lowest BCUT2D eigenvalue weighted by molar-refractivity contribution is 0.0866. The Kier molecular flexibility index (Phi) is 6.25. The quantitative estimate of drug-likeness (QED) is 0.612. The van der Waals surface area contributed by atoms with Crippen LogP contribution >= 0.6 is 22.9 Å². The van der Waals surface area contributed by atoms with Crippen LogP contribution in [0.15, 0.2) is 42.5 Å². The minimum Gasteiger partial charge on any atom is -0.497 e. The van der Waals surface area contributed by atoms with Crippen LogP contribution in [0.1, 0.15) is 24.5 Å². The molecule has 1 aliphatic rings. The van der Waals surface area contributed by atoms with Gasteiger partial charge in [0.25, 0.3) is 0 Å². The standard InChI is InChI=1S/C22H26ClN3O2S/c1-28-18-4-2-3-16(11-18)20(27)14-25-9-7-15(8-10-25)13-26-19-6-5-17(23)12-21(19)29-22(26)24/h2-6,11-12,15,20,24,27H,7-10,13-14H2,1H3/t20-/m0/s1. The number of benzene rings is 2. The summed E-state index contributed by atoms with van der Waals surface area (Å²) in [5.41, 5.74) is 1.99. The van der Waals surface area contributed by atoms with E-state index in [1.165, 1.54) is 11.3 Å². The number of nitrogens with zero attached hydrogens (tertiary/aromatic N) is 2. The molecule has 5 nitrogen and oxygen atoms in total. The Bertz CT molecular complexity index is 1040. The molecule has 1 aliphatic heterocycles. The third kappa shape index (κ3) is 4.67. The van der Waals surface area contributed by atoms with Crippen molar-refractivity contribution in [2.75, 3.05) is 26.7 Å². The van der Waals surface area contributed by atoms with Crippen LogP contribution in [0, 0.1) is 11.3 Å². The van der Waals surface area contributed by atoms with Crippen LogP contribution in [-0.4, -0.2) is 41.3 Å². The Morgan fingerprint density at radius 2 is 2.03 bits per heavy atom. The number of halogens is 1. The summed E-state index contributed by atoms with van der Waals surface area (Å²) in [4.78, 5) is 2.91. The number of methoxy groups -OCH3 is 1. The number of aliphatic hydroxyl groups is 1. The molecule has 1 atom stereocenters. The van der Waals surface area contributed by atoms with Gasteiger partial charge in [0.1, 0.15) is 5.75 Å². The number of likely N-dealkylation sites (tertiary alicyclic amines) is 1. The predicted molar refractivity (Wildman–Crippen MR) is 118 cm³/mol. The van der Waals surface area contributed by atoms with E-state index in [2.05, 4.69) is 9.47 Å². The summed E-state index contributed by atoms with van der Waals surface area (Å²) in [5, 5.41) is 19.7. The number of fused-ring (bicyclic) bond motifs is 1. The zero-order chi connectivity index (χ0) is 20.4. The van der Waals surface area contributed by atoms with Gasteiger partial charge in [-0.3, -0.25) is 5.41 Å². The first-order chi connectivity index (χ1) is 14.0. The molecule has 154 valence electrons. The zero-order valence-corrected chi connectivity index (χ0v) is 18.0. The highest BCUT2D eigenvalue weighted by Gasteiger charge is 2.23. The van der Waals surface area contributed by atoms with Crippen LogP contribution in [0.25, 0.3) is 10.2 Å². The van der Waals surface area contributed by atoms with Crippen molar-refractivity contribution in [3.8, 4) is 5.75 Å². The van der Waals surface area contributed by atoms with Gasteiger partial charge in [0.15, 0.2) is 4.80 Å². The highest BCUT2D eigenvalue weighted by molar-refractivity contribution is 7.16. The maximum absolute atomic E-state index is 10.6. The summed E-state index contributed by atoms with van der Waals surface area (Å²) in [6, 6.07) is 13.5. The fourth-order valence-corrected chi connectivity index (χ4v) is 5.25. The average molecular weight is 432 g/mol. The molecule has 7 heteroatoms. The lowest BCUT2D eigenvalue weighted by Crippen LogP contribution is -2.38. The van der Waals surface area contributed by atoms with E-state index in [-0.39, 0.29) is 0 Å². The number of nitrogens with one attached hydrogen (secondary N) is 1. The molecule has 4 rings (SSSR count). The van der Waals surface area contributed by atoms with E-state index in [0.717, 1.165) is 54.0 Å². The maximum Gasteiger partial charge on any atom is 0.182 e. The first kappa shape index (κ1) is 20.4. The van der Waals surface area contributed by atoms with E-state index < -0.39 is 6.10 Å². The number of hydrogen-bond acceptors (Lipinski definition) is 5. The Morgan fingerprint density at radius 1 is 1.24 bits per heavy atom. The topological polar surface area (TPSA) is 61.5 Å². The van der Waals surface area contributed by atoms with Crippen LogP contribution in [0.5, 0.6) is 5.75 Å². The first-order valence-electron chi connectivity index (χ1n) is 9.91. The number of rotatable bonds is 6. The summed E-state index contributed by atoms with van der Waals surface area (Å²) >= 11 is 7.58. The Morgan fingerprint density at radius 3 is 2.79 bits per heavy atom. The molecule has 2 N–H and O–H groups in total. The minimum atomic E-state index is -0.513. The summed E-state index contributed by atoms with van der Waals surface area (Å²) in [6.07, 6.45) is 1.63. The number of piperidine rings is 1. The molecule has 2 aromatic carbocycles. The Hall–Kier alpha value is -1.86. The van der Waals surface area contributed by atoms with Crippen LogP contribution in [0.3, 0.4) is 0 Å². The van der Waals surface area contributed by atoms with Gasteiger partial charge < -0.3 is 19.3 Å². The van der Waals surface area contributed by atoms with Crippen molar-refractivity contribution >= 4 is 33.2 Å². The molecule has 0 spiro atoms. The van der Waals surface area contributed by atoms with Gasteiger partial charge in [-0.05, 0) is 67.7 Å². The van der Waals surface area contributed by atoms with Crippen LogP contribution in [0.4, 0.5) is 0 Å². The number of aromatic nitrogens is 1. The number of aliphatic hydroxyl groups excluding tert-OH is 1. The van der Waals surface area contributed by atoms with Crippen molar-refractivity contribution in [2.24, 2.45) is 5.92 Å².